The van der Waals surface area contributed by atoms with Gasteiger partial charge in [-0.2, -0.15) is 0 Å². The van der Waals surface area contributed by atoms with Crippen LogP contribution in [0.4, 0.5) is 4.39 Å². The van der Waals surface area contributed by atoms with Crippen LogP contribution in [-0.2, 0) is 0 Å². The fourth-order valence-corrected chi connectivity index (χ4v) is 1.84. The van der Waals surface area contributed by atoms with Crippen LogP contribution in [0, 0.1) is 11.7 Å². The molecule has 1 aromatic carbocycles. The first-order chi connectivity index (χ1) is 6.31. The van der Waals surface area contributed by atoms with E-state index in [1.807, 2.05) is 18.2 Å². The summed E-state index contributed by atoms with van der Waals surface area (Å²) in [5.74, 6) is 1.26. The number of hydrogen-bond acceptors (Lipinski definition) is 0. The van der Waals surface area contributed by atoms with Gasteiger partial charge in [-0.3, -0.25) is 0 Å². The predicted molar refractivity (Wildman–Crippen MR) is 52.1 cm³/mol. The number of benzene rings is 1. The first-order valence-corrected chi connectivity index (χ1v) is 4.67. The monoisotopic (exact) mass is 176 g/mol. The molecular formula is C12H13F. The SMILES string of the molecule is C=CC[C@H]1C[C@@H]1c1ccc(F)cc1. The van der Waals surface area contributed by atoms with Gasteiger partial charge in [0.25, 0.3) is 0 Å². The van der Waals surface area contributed by atoms with Crippen LogP contribution in [-0.4, -0.2) is 0 Å². The third-order valence-corrected chi connectivity index (χ3v) is 2.69. The molecule has 0 heterocycles. The van der Waals surface area contributed by atoms with E-state index in [-0.39, 0.29) is 5.82 Å². The van der Waals surface area contributed by atoms with E-state index < -0.39 is 0 Å². The summed E-state index contributed by atoms with van der Waals surface area (Å²) in [6.07, 6.45) is 4.29. The molecule has 68 valence electrons. The van der Waals surface area contributed by atoms with E-state index in [0.29, 0.717) is 5.92 Å². The number of rotatable bonds is 3. The maximum absolute atomic E-state index is 12.6. The van der Waals surface area contributed by atoms with E-state index in [1.165, 1.54) is 12.0 Å². The molecule has 0 saturated heterocycles. The molecule has 1 fully saturated rings. The Hall–Kier alpha value is -1.11. The molecular weight excluding hydrogens is 163 g/mol. The fraction of sp³-hybridized carbons (Fsp3) is 0.333. The molecule has 0 spiro atoms. The molecule has 0 unspecified atom stereocenters. The van der Waals surface area contributed by atoms with Crippen LogP contribution < -0.4 is 0 Å². The molecule has 2 atom stereocenters. The quantitative estimate of drug-likeness (QED) is 0.618. The van der Waals surface area contributed by atoms with Gasteiger partial charge in [0.15, 0.2) is 0 Å². The zero-order valence-corrected chi connectivity index (χ0v) is 7.54. The summed E-state index contributed by atoms with van der Waals surface area (Å²) in [4.78, 5) is 0. The summed E-state index contributed by atoms with van der Waals surface area (Å²) in [5, 5.41) is 0. The van der Waals surface area contributed by atoms with Crippen molar-refractivity contribution < 1.29 is 4.39 Å². The molecule has 0 aliphatic heterocycles. The van der Waals surface area contributed by atoms with Gasteiger partial charge in [0, 0.05) is 0 Å². The van der Waals surface area contributed by atoms with Gasteiger partial charge in [-0.05, 0) is 42.4 Å². The molecule has 0 nitrogen and oxygen atoms in total. The summed E-state index contributed by atoms with van der Waals surface area (Å²) in [6.45, 7) is 3.72. The third-order valence-electron chi connectivity index (χ3n) is 2.69. The minimum atomic E-state index is -0.148. The van der Waals surface area contributed by atoms with Crippen molar-refractivity contribution in [3.63, 3.8) is 0 Å². The zero-order valence-electron chi connectivity index (χ0n) is 7.54. The van der Waals surface area contributed by atoms with Crippen LogP contribution in [0.15, 0.2) is 36.9 Å². The summed E-state index contributed by atoms with van der Waals surface area (Å²) in [5.41, 5.74) is 1.27. The molecule has 0 radical (unpaired) electrons. The van der Waals surface area contributed by atoms with E-state index in [1.54, 1.807) is 12.1 Å². The van der Waals surface area contributed by atoms with Crippen molar-refractivity contribution in [1.29, 1.82) is 0 Å². The minimum Gasteiger partial charge on any atom is -0.207 e. The molecule has 0 bridgehead atoms. The lowest BCUT2D eigenvalue weighted by Crippen LogP contribution is -1.83. The van der Waals surface area contributed by atoms with E-state index in [0.717, 1.165) is 12.3 Å². The summed E-state index contributed by atoms with van der Waals surface area (Å²) < 4.78 is 12.6. The standard InChI is InChI=1S/C12H13F/c1-2-3-10-8-12(10)9-4-6-11(13)7-5-9/h2,4-7,10,12H,1,3,8H2/t10-,12+/m0/s1. The second-order valence-corrected chi connectivity index (χ2v) is 3.68. The molecule has 0 aromatic heterocycles. The number of halogens is 1. The van der Waals surface area contributed by atoms with Gasteiger partial charge in [0.05, 0.1) is 0 Å². The van der Waals surface area contributed by atoms with Crippen LogP contribution in [0.3, 0.4) is 0 Å². The van der Waals surface area contributed by atoms with Crippen LogP contribution in [0.5, 0.6) is 0 Å². The molecule has 1 saturated carbocycles. The van der Waals surface area contributed by atoms with Gasteiger partial charge < -0.3 is 0 Å². The van der Waals surface area contributed by atoms with Crippen LogP contribution >= 0.6 is 0 Å². The second-order valence-electron chi connectivity index (χ2n) is 3.68. The Morgan fingerprint density at radius 1 is 1.38 bits per heavy atom. The molecule has 1 aliphatic carbocycles. The highest BCUT2D eigenvalue weighted by atomic mass is 19.1. The summed E-state index contributed by atoms with van der Waals surface area (Å²) in [6, 6.07) is 6.86. The van der Waals surface area contributed by atoms with Gasteiger partial charge >= 0.3 is 0 Å². The van der Waals surface area contributed by atoms with Crippen molar-refractivity contribution in [1.82, 2.24) is 0 Å². The van der Waals surface area contributed by atoms with Crippen LogP contribution in [0.1, 0.15) is 24.3 Å². The average molecular weight is 176 g/mol. The summed E-state index contributed by atoms with van der Waals surface area (Å²) >= 11 is 0. The van der Waals surface area contributed by atoms with Crippen LogP contribution in [0.25, 0.3) is 0 Å². The Labute approximate surface area is 78.1 Å². The van der Waals surface area contributed by atoms with Crippen molar-refractivity contribution in [3.8, 4) is 0 Å². The fourth-order valence-electron chi connectivity index (χ4n) is 1.84. The van der Waals surface area contributed by atoms with Crippen molar-refractivity contribution in [2.24, 2.45) is 5.92 Å². The molecule has 13 heavy (non-hydrogen) atoms. The molecule has 0 N–H and O–H groups in total. The average Bonchev–Trinajstić information content (AvgIpc) is 2.86. The highest BCUT2D eigenvalue weighted by Crippen LogP contribution is 2.49. The van der Waals surface area contributed by atoms with Crippen molar-refractivity contribution >= 4 is 0 Å². The maximum Gasteiger partial charge on any atom is 0.123 e. The molecule has 1 heteroatoms. The van der Waals surface area contributed by atoms with E-state index in [2.05, 4.69) is 6.58 Å². The number of allylic oxidation sites excluding steroid dienone is 1. The normalized spacial score (nSPS) is 25.6. The lowest BCUT2D eigenvalue weighted by atomic mass is 10.1. The van der Waals surface area contributed by atoms with Gasteiger partial charge in [0.1, 0.15) is 5.82 Å². The molecule has 0 amide bonds. The molecule has 2 rings (SSSR count). The topological polar surface area (TPSA) is 0 Å². The van der Waals surface area contributed by atoms with Crippen molar-refractivity contribution in [2.45, 2.75) is 18.8 Å². The predicted octanol–water partition coefficient (Wildman–Crippen LogP) is 3.51. The smallest absolute Gasteiger partial charge is 0.123 e. The molecule has 1 aliphatic rings. The minimum absolute atomic E-state index is 0.148. The third kappa shape index (κ3) is 1.80. The Bertz CT molecular complexity index is 299. The highest BCUT2D eigenvalue weighted by Gasteiger charge is 2.36. The largest absolute Gasteiger partial charge is 0.207 e. The second kappa shape index (κ2) is 3.33. The van der Waals surface area contributed by atoms with Gasteiger partial charge in [-0.25, -0.2) is 4.39 Å². The Morgan fingerprint density at radius 3 is 2.69 bits per heavy atom. The Morgan fingerprint density at radius 2 is 2.08 bits per heavy atom. The van der Waals surface area contributed by atoms with Crippen molar-refractivity contribution in [2.75, 3.05) is 0 Å². The van der Waals surface area contributed by atoms with Crippen LogP contribution in [0.2, 0.25) is 0 Å². The zero-order chi connectivity index (χ0) is 9.26. The first-order valence-electron chi connectivity index (χ1n) is 4.67. The highest BCUT2D eigenvalue weighted by molar-refractivity contribution is 5.26. The van der Waals surface area contributed by atoms with Crippen molar-refractivity contribution in [3.05, 3.63) is 48.3 Å². The molecule has 1 aromatic rings. The Balaban J connectivity index is 2.03. The lowest BCUT2D eigenvalue weighted by molar-refractivity contribution is 0.626. The van der Waals surface area contributed by atoms with Gasteiger partial charge in [-0.15, -0.1) is 6.58 Å². The maximum atomic E-state index is 12.6. The van der Waals surface area contributed by atoms with Gasteiger partial charge in [0.2, 0.25) is 0 Å². The van der Waals surface area contributed by atoms with E-state index in [4.69, 9.17) is 0 Å². The van der Waals surface area contributed by atoms with Gasteiger partial charge in [-0.1, -0.05) is 18.2 Å². The first kappa shape index (κ1) is 8.49. The summed E-state index contributed by atoms with van der Waals surface area (Å²) in [7, 11) is 0. The Kier molecular flexibility index (Phi) is 2.17. The van der Waals surface area contributed by atoms with E-state index in [9.17, 15) is 4.39 Å². The lowest BCUT2D eigenvalue weighted by Gasteiger charge is -1.97. The van der Waals surface area contributed by atoms with E-state index >= 15 is 0 Å². The number of hydrogen-bond donors (Lipinski definition) is 0.